The highest BCUT2D eigenvalue weighted by molar-refractivity contribution is 6.35. The second-order valence-electron chi connectivity index (χ2n) is 5.77. The molecule has 0 saturated heterocycles. The van der Waals surface area contributed by atoms with Crippen molar-refractivity contribution in [3.8, 4) is 11.5 Å². The van der Waals surface area contributed by atoms with Crippen LogP contribution in [0, 0.1) is 0 Å². The molecular weight excluding hydrogens is 387 g/mol. The first-order valence-electron chi connectivity index (χ1n) is 7.71. The maximum atomic E-state index is 9.62. The molecule has 4 N–H and O–H groups in total. The van der Waals surface area contributed by atoms with Gasteiger partial charge >= 0.3 is 0 Å². The lowest BCUT2D eigenvalue weighted by atomic mass is 9.93. The average molecular weight is 406 g/mol. The molecule has 1 aliphatic carbocycles. The zero-order valence-corrected chi connectivity index (χ0v) is 15.6. The lowest BCUT2D eigenvalue weighted by Crippen LogP contribution is -2.28. The van der Waals surface area contributed by atoms with Crippen molar-refractivity contribution in [1.82, 2.24) is 9.97 Å². The molecule has 0 radical (unpaired) electrons. The predicted octanol–water partition coefficient (Wildman–Crippen LogP) is 4.30. The highest BCUT2D eigenvalue weighted by Gasteiger charge is 2.21. The number of nitrogens with one attached hydrogen (secondary N) is 1. The van der Waals surface area contributed by atoms with Crippen LogP contribution < -0.4 is 15.8 Å². The summed E-state index contributed by atoms with van der Waals surface area (Å²) in [4.78, 5) is 8.21. The predicted molar refractivity (Wildman–Crippen MR) is 102 cm³/mol. The summed E-state index contributed by atoms with van der Waals surface area (Å²) >= 11 is 12.0. The van der Waals surface area contributed by atoms with E-state index in [-0.39, 0.29) is 30.5 Å². The van der Waals surface area contributed by atoms with Gasteiger partial charge in [0.25, 0.3) is 0 Å². The number of halogens is 3. The van der Waals surface area contributed by atoms with Crippen LogP contribution in [0.3, 0.4) is 0 Å². The van der Waals surface area contributed by atoms with E-state index in [4.69, 9.17) is 33.7 Å². The Hall–Kier alpha value is -1.47. The summed E-state index contributed by atoms with van der Waals surface area (Å²) in [5.41, 5.74) is 5.70. The van der Waals surface area contributed by atoms with Gasteiger partial charge in [0.1, 0.15) is 5.75 Å². The number of nitrogen functional groups attached to an aromatic ring is 1. The topological polar surface area (TPSA) is 93.3 Å². The molecule has 1 heterocycles. The second-order valence-corrected chi connectivity index (χ2v) is 6.61. The Morgan fingerprint density at radius 1 is 1.16 bits per heavy atom. The molecule has 136 valence electrons. The molecule has 3 rings (SSSR count). The van der Waals surface area contributed by atoms with Crippen LogP contribution >= 0.6 is 35.6 Å². The van der Waals surface area contributed by atoms with Crippen LogP contribution in [-0.4, -0.2) is 27.2 Å². The van der Waals surface area contributed by atoms with Crippen molar-refractivity contribution in [3.63, 3.8) is 0 Å². The zero-order valence-electron chi connectivity index (χ0n) is 13.3. The molecule has 1 aromatic heterocycles. The van der Waals surface area contributed by atoms with Crippen molar-refractivity contribution in [2.75, 3.05) is 11.1 Å². The third-order valence-electron chi connectivity index (χ3n) is 3.93. The van der Waals surface area contributed by atoms with Gasteiger partial charge in [0.2, 0.25) is 5.95 Å². The van der Waals surface area contributed by atoms with E-state index in [1.54, 1.807) is 18.2 Å². The van der Waals surface area contributed by atoms with Crippen molar-refractivity contribution in [1.29, 1.82) is 0 Å². The summed E-state index contributed by atoms with van der Waals surface area (Å²) in [6.07, 6.45) is 4.52. The largest absolute Gasteiger partial charge is 0.450 e. The van der Waals surface area contributed by atoms with Crippen LogP contribution in [0.4, 0.5) is 11.8 Å². The van der Waals surface area contributed by atoms with Crippen molar-refractivity contribution in [2.24, 2.45) is 0 Å². The van der Waals surface area contributed by atoms with Crippen LogP contribution in [0.5, 0.6) is 11.5 Å². The quantitative estimate of drug-likeness (QED) is 0.702. The fraction of sp³-hybridized carbons (Fsp3) is 0.375. The minimum Gasteiger partial charge on any atom is -0.450 e. The molecular formula is C16H19Cl3N4O2. The number of nitrogens with two attached hydrogens (primary N) is 1. The summed E-state index contributed by atoms with van der Waals surface area (Å²) in [7, 11) is 0. The van der Waals surface area contributed by atoms with E-state index in [2.05, 4.69) is 15.3 Å². The zero-order chi connectivity index (χ0) is 17.1. The first-order valence-corrected chi connectivity index (χ1v) is 8.47. The standard InChI is InChI=1S/C16H18Cl2N4O2.ClH/c17-9-1-6-13(12(18)7-9)24-14-8-20-16(19)22-15(14)21-10-2-4-11(23)5-3-10;/h1,6-8,10-11,23H,2-5H2,(H3,19,20,21,22);1H/t10-,11-;. The molecule has 0 amide bonds. The number of aliphatic hydroxyl groups is 1. The lowest BCUT2D eigenvalue weighted by Gasteiger charge is -2.27. The molecule has 1 fully saturated rings. The summed E-state index contributed by atoms with van der Waals surface area (Å²) in [5, 5.41) is 13.9. The fourth-order valence-corrected chi connectivity index (χ4v) is 3.10. The van der Waals surface area contributed by atoms with E-state index in [0.717, 1.165) is 25.7 Å². The van der Waals surface area contributed by atoms with Crippen molar-refractivity contribution >= 4 is 47.4 Å². The number of ether oxygens (including phenoxy) is 1. The van der Waals surface area contributed by atoms with Crippen molar-refractivity contribution < 1.29 is 9.84 Å². The third kappa shape index (κ3) is 5.25. The van der Waals surface area contributed by atoms with E-state index in [9.17, 15) is 5.11 Å². The molecule has 0 spiro atoms. The number of benzene rings is 1. The van der Waals surface area contributed by atoms with Gasteiger partial charge in [-0.05, 0) is 43.9 Å². The van der Waals surface area contributed by atoms with Gasteiger partial charge in [0.05, 0.1) is 17.3 Å². The van der Waals surface area contributed by atoms with Gasteiger partial charge in [0, 0.05) is 11.1 Å². The van der Waals surface area contributed by atoms with Crippen molar-refractivity contribution in [2.45, 2.75) is 37.8 Å². The van der Waals surface area contributed by atoms with Crippen LogP contribution in [-0.2, 0) is 0 Å². The second kappa shape index (κ2) is 8.76. The molecule has 0 atom stereocenters. The number of hydrogen-bond donors (Lipinski definition) is 3. The Morgan fingerprint density at radius 3 is 2.56 bits per heavy atom. The summed E-state index contributed by atoms with van der Waals surface area (Å²) in [6.45, 7) is 0. The average Bonchev–Trinajstić information content (AvgIpc) is 2.54. The molecule has 1 aliphatic rings. The maximum absolute atomic E-state index is 9.62. The van der Waals surface area contributed by atoms with Gasteiger partial charge in [0.15, 0.2) is 11.6 Å². The van der Waals surface area contributed by atoms with Gasteiger partial charge in [-0.15, -0.1) is 12.4 Å². The van der Waals surface area contributed by atoms with Crippen LogP contribution in [0.1, 0.15) is 25.7 Å². The highest BCUT2D eigenvalue weighted by Crippen LogP contribution is 2.35. The minimum absolute atomic E-state index is 0. The van der Waals surface area contributed by atoms with Crippen LogP contribution in [0.2, 0.25) is 10.0 Å². The Kier molecular flexibility index (Phi) is 6.95. The van der Waals surface area contributed by atoms with E-state index in [0.29, 0.717) is 27.4 Å². The number of hydrogen-bond acceptors (Lipinski definition) is 6. The van der Waals surface area contributed by atoms with Gasteiger partial charge in [-0.3, -0.25) is 0 Å². The fourth-order valence-electron chi connectivity index (χ4n) is 2.65. The lowest BCUT2D eigenvalue weighted by molar-refractivity contribution is 0.126. The maximum Gasteiger partial charge on any atom is 0.222 e. The monoisotopic (exact) mass is 404 g/mol. The summed E-state index contributed by atoms with van der Waals surface area (Å²) in [5.74, 6) is 1.55. The molecule has 0 bridgehead atoms. The number of nitrogens with zero attached hydrogens (tertiary/aromatic N) is 2. The highest BCUT2D eigenvalue weighted by atomic mass is 35.5. The molecule has 0 aliphatic heterocycles. The number of aliphatic hydroxyl groups excluding tert-OH is 1. The summed E-state index contributed by atoms with van der Waals surface area (Å²) < 4.78 is 5.83. The summed E-state index contributed by atoms with van der Waals surface area (Å²) in [6, 6.07) is 5.18. The number of aromatic nitrogens is 2. The van der Waals surface area contributed by atoms with Gasteiger partial charge in [-0.25, -0.2) is 4.98 Å². The van der Waals surface area contributed by atoms with E-state index in [1.165, 1.54) is 6.20 Å². The Balaban J connectivity index is 0.00000225. The number of anilines is 2. The van der Waals surface area contributed by atoms with E-state index in [1.807, 2.05) is 0 Å². The molecule has 2 aromatic rings. The van der Waals surface area contributed by atoms with Crippen molar-refractivity contribution in [3.05, 3.63) is 34.4 Å². The van der Waals surface area contributed by atoms with E-state index < -0.39 is 0 Å². The van der Waals surface area contributed by atoms with Crippen LogP contribution in [0.25, 0.3) is 0 Å². The Labute approximate surface area is 162 Å². The molecule has 1 saturated carbocycles. The molecule has 9 heteroatoms. The normalized spacial score (nSPS) is 19.8. The SMILES string of the molecule is Cl.Nc1ncc(Oc2ccc(Cl)cc2Cl)c(N[C@H]2CC[C@H](O)CC2)n1. The van der Waals surface area contributed by atoms with Gasteiger partial charge in [-0.2, -0.15) is 4.98 Å². The van der Waals surface area contributed by atoms with E-state index >= 15 is 0 Å². The van der Waals surface area contributed by atoms with Gasteiger partial charge in [-0.1, -0.05) is 23.2 Å². The Bertz CT molecular complexity index is 725. The Morgan fingerprint density at radius 2 is 1.88 bits per heavy atom. The molecule has 25 heavy (non-hydrogen) atoms. The first-order chi connectivity index (χ1) is 11.5. The molecule has 6 nitrogen and oxygen atoms in total. The minimum atomic E-state index is -0.220. The molecule has 0 unspecified atom stereocenters. The molecule has 1 aromatic carbocycles. The van der Waals surface area contributed by atoms with Gasteiger partial charge < -0.3 is 20.9 Å². The smallest absolute Gasteiger partial charge is 0.222 e. The van der Waals surface area contributed by atoms with Crippen LogP contribution in [0.15, 0.2) is 24.4 Å². The third-order valence-corrected chi connectivity index (χ3v) is 4.46. The number of rotatable bonds is 4. The first kappa shape index (κ1) is 19.8.